The second kappa shape index (κ2) is 6.84. The van der Waals surface area contributed by atoms with Crippen LogP contribution in [0.1, 0.15) is 24.0 Å². The van der Waals surface area contributed by atoms with Gasteiger partial charge in [0.05, 0.1) is 7.11 Å². The van der Waals surface area contributed by atoms with E-state index in [0.29, 0.717) is 25.0 Å². The number of rotatable bonds is 5. The van der Waals surface area contributed by atoms with Crippen molar-refractivity contribution in [2.75, 3.05) is 13.7 Å². The van der Waals surface area contributed by atoms with Crippen molar-refractivity contribution in [2.45, 2.75) is 38.0 Å². The molecule has 0 radical (unpaired) electrons. The Hall–Kier alpha value is -2.40. The molecular weight excluding hydrogens is 314 g/mol. The number of amides is 1. The fourth-order valence-corrected chi connectivity index (χ4v) is 4.06. The lowest BCUT2D eigenvalue weighted by atomic mass is 10.1. The predicted octanol–water partition coefficient (Wildman–Crippen LogP) is 2.47. The highest BCUT2D eigenvalue weighted by molar-refractivity contribution is 5.80. The lowest BCUT2D eigenvalue weighted by Gasteiger charge is -2.25. The number of carbonyl (C=O) groups excluding carboxylic acids is 1. The number of benzene rings is 1. The van der Waals surface area contributed by atoms with Crippen LogP contribution in [0.4, 0.5) is 0 Å². The molecule has 2 saturated heterocycles. The Labute approximate surface area is 148 Å². The fourth-order valence-electron chi connectivity index (χ4n) is 4.06. The zero-order chi connectivity index (χ0) is 17.2. The molecule has 2 fully saturated rings. The second-order valence-corrected chi connectivity index (χ2v) is 6.82. The van der Waals surface area contributed by atoms with Gasteiger partial charge in [0.2, 0.25) is 5.91 Å². The molecule has 3 heterocycles. The zero-order valence-corrected chi connectivity index (χ0v) is 14.5. The van der Waals surface area contributed by atoms with Crippen molar-refractivity contribution in [3.63, 3.8) is 0 Å². The molecule has 2 aromatic rings. The predicted molar refractivity (Wildman–Crippen MR) is 95.0 cm³/mol. The first-order valence-corrected chi connectivity index (χ1v) is 8.80. The maximum atomic E-state index is 12.5. The normalized spacial score (nSPS) is 23.1. The van der Waals surface area contributed by atoms with Gasteiger partial charge >= 0.3 is 0 Å². The summed E-state index contributed by atoms with van der Waals surface area (Å²) in [6.07, 6.45) is 5.26. The Balaban J connectivity index is 1.44. The number of hydrogen-bond acceptors (Lipinski definition) is 4. The molecule has 0 saturated carbocycles. The maximum absolute atomic E-state index is 12.5. The average molecular weight is 337 g/mol. The number of aromatic nitrogens is 1. The smallest absolute Gasteiger partial charge is 0.224 e. The van der Waals surface area contributed by atoms with Crippen LogP contribution in [0.5, 0.6) is 5.75 Å². The Kier molecular flexibility index (Phi) is 4.40. The van der Waals surface area contributed by atoms with Gasteiger partial charge in [0.15, 0.2) is 0 Å². The van der Waals surface area contributed by atoms with Crippen LogP contribution in [0.2, 0.25) is 0 Å². The Morgan fingerprint density at radius 2 is 1.76 bits per heavy atom. The number of ether oxygens (including phenoxy) is 1. The summed E-state index contributed by atoms with van der Waals surface area (Å²) >= 11 is 0. The molecule has 0 aliphatic carbocycles. The molecule has 0 spiro atoms. The molecule has 5 nitrogen and oxygen atoms in total. The molecule has 0 N–H and O–H groups in total. The molecule has 4 rings (SSSR count). The highest BCUT2D eigenvalue weighted by Gasteiger charge is 2.46. The van der Waals surface area contributed by atoms with E-state index in [9.17, 15) is 4.79 Å². The van der Waals surface area contributed by atoms with Crippen molar-refractivity contribution < 1.29 is 9.53 Å². The number of hydrogen-bond donors (Lipinski definition) is 0. The van der Waals surface area contributed by atoms with E-state index in [1.807, 2.05) is 24.3 Å². The average Bonchev–Trinajstić information content (AvgIpc) is 3.17. The fraction of sp³-hybridized carbons (Fsp3) is 0.400. The van der Waals surface area contributed by atoms with Gasteiger partial charge in [-0.05, 0) is 41.8 Å². The van der Waals surface area contributed by atoms with Crippen LogP contribution in [0.25, 0.3) is 0 Å². The van der Waals surface area contributed by atoms with Crippen LogP contribution in [0.3, 0.4) is 0 Å². The van der Waals surface area contributed by atoms with Crippen molar-refractivity contribution in [1.82, 2.24) is 14.8 Å². The van der Waals surface area contributed by atoms with E-state index < -0.39 is 0 Å². The minimum atomic E-state index is 0.270. The van der Waals surface area contributed by atoms with Crippen LogP contribution in [-0.2, 0) is 17.9 Å². The van der Waals surface area contributed by atoms with Gasteiger partial charge in [-0.3, -0.25) is 14.7 Å². The Morgan fingerprint density at radius 1 is 1.04 bits per heavy atom. The van der Waals surface area contributed by atoms with Crippen molar-refractivity contribution in [2.24, 2.45) is 0 Å². The topological polar surface area (TPSA) is 45.7 Å². The van der Waals surface area contributed by atoms with Gasteiger partial charge in [-0.25, -0.2) is 0 Å². The van der Waals surface area contributed by atoms with Crippen molar-refractivity contribution in [1.29, 1.82) is 0 Å². The second-order valence-electron chi connectivity index (χ2n) is 6.82. The zero-order valence-electron chi connectivity index (χ0n) is 14.5. The molecule has 1 aromatic carbocycles. The number of fused-ring (bicyclic) bond motifs is 1. The molecule has 2 aliphatic heterocycles. The summed E-state index contributed by atoms with van der Waals surface area (Å²) in [5.74, 6) is 1.15. The van der Waals surface area contributed by atoms with Crippen LogP contribution >= 0.6 is 0 Å². The number of pyridine rings is 1. The minimum absolute atomic E-state index is 0.270. The molecule has 1 amide bonds. The van der Waals surface area contributed by atoms with Crippen LogP contribution in [0, 0.1) is 0 Å². The van der Waals surface area contributed by atoms with E-state index in [4.69, 9.17) is 4.74 Å². The third kappa shape index (κ3) is 3.24. The monoisotopic (exact) mass is 337 g/mol. The first-order valence-electron chi connectivity index (χ1n) is 8.80. The lowest BCUT2D eigenvalue weighted by molar-refractivity contribution is -0.129. The quantitative estimate of drug-likeness (QED) is 0.841. The van der Waals surface area contributed by atoms with E-state index in [1.54, 1.807) is 19.5 Å². The summed E-state index contributed by atoms with van der Waals surface area (Å²) in [5.41, 5.74) is 2.42. The van der Waals surface area contributed by atoms with E-state index >= 15 is 0 Å². The van der Waals surface area contributed by atoms with Crippen molar-refractivity contribution in [3.8, 4) is 5.75 Å². The molecule has 2 aliphatic rings. The number of methoxy groups -OCH3 is 1. The molecule has 0 bridgehead atoms. The molecular formula is C20H23N3O2. The molecule has 5 heteroatoms. The highest BCUT2D eigenvalue weighted by Crippen LogP contribution is 2.34. The SMILES string of the molecule is COc1ccc(CN2CC[C@@H]3[C@@H]2CC(=O)N3Cc2ccncc2)cc1. The largest absolute Gasteiger partial charge is 0.497 e. The first-order chi connectivity index (χ1) is 12.2. The molecule has 130 valence electrons. The van der Waals surface area contributed by atoms with Gasteiger partial charge in [0.25, 0.3) is 0 Å². The van der Waals surface area contributed by atoms with Gasteiger partial charge < -0.3 is 9.64 Å². The Bertz CT molecular complexity index is 732. The van der Waals surface area contributed by atoms with Crippen LogP contribution in [-0.4, -0.2) is 46.4 Å². The number of likely N-dealkylation sites (tertiary alicyclic amines) is 2. The van der Waals surface area contributed by atoms with E-state index in [1.165, 1.54) is 5.56 Å². The third-order valence-electron chi connectivity index (χ3n) is 5.38. The number of nitrogens with zero attached hydrogens (tertiary/aromatic N) is 3. The van der Waals surface area contributed by atoms with Gasteiger partial charge in [0.1, 0.15) is 5.75 Å². The summed E-state index contributed by atoms with van der Waals surface area (Å²) in [6.45, 7) is 2.63. The van der Waals surface area contributed by atoms with Gasteiger partial charge in [-0.2, -0.15) is 0 Å². The summed E-state index contributed by atoms with van der Waals surface area (Å²) in [5, 5.41) is 0. The lowest BCUT2D eigenvalue weighted by Crippen LogP contribution is -2.36. The number of carbonyl (C=O) groups is 1. The van der Waals surface area contributed by atoms with Crippen LogP contribution < -0.4 is 4.74 Å². The maximum Gasteiger partial charge on any atom is 0.224 e. The summed E-state index contributed by atoms with van der Waals surface area (Å²) in [4.78, 5) is 21.1. The summed E-state index contributed by atoms with van der Waals surface area (Å²) < 4.78 is 5.22. The van der Waals surface area contributed by atoms with Crippen molar-refractivity contribution in [3.05, 3.63) is 59.9 Å². The summed E-state index contributed by atoms with van der Waals surface area (Å²) in [6, 6.07) is 12.9. The van der Waals surface area contributed by atoms with E-state index in [2.05, 4.69) is 26.9 Å². The van der Waals surface area contributed by atoms with Gasteiger partial charge in [-0.15, -0.1) is 0 Å². The van der Waals surface area contributed by atoms with Crippen LogP contribution in [0.15, 0.2) is 48.8 Å². The minimum Gasteiger partial charge on any atom is -0.497 e. The molecule has 25 heavy (non-hydrogen) atoms. The van der Waals surface area contributed by atoms with Crippen molar-refractivity contribution >= 4 is 5.91 Å². The van der Waals surface area contributed by atoms with E-state index in [0.717, 1.165) is 30.8 Å². The summed E-state index contributed by atoms with van der Waals surface area (Å²) in [7, 11) is 1.68. The standard InChI is InChI=1S/C20H23N3O2/c1-25-17-4-2-15(3-5-17)13-22-11-8-18-19(22)12-20(24)23(18)14-16-6-9-21-10-7-16/h2-7,9-10,18-19H,8,11-14H2,1H3/t18-,19+/m1/s1. The highest BCUT2D eigenvalue weighted by atomic mass is 16.5. The Morgan fingerprint density at radius 3 is 2.48 bits per heavy atom. The molecule has 2 atom stereocenters. The van der Waals surface area contributed by atoms with E-state index in [-0.39, 0.29) is 5.91 Å². The van der Waals surface area contributed by atoms with Gasteiger partial charge in [0, 0.05) is 50.5 Å². The molecule has 1 aromatic heterocycles. The molecule has 0 unspecified atom stereocenters. The third-order valence-corrected chi connectivity index (χ3v) is 5.38. The first kappa shape index (κ1) is 16.1. The van der Waals surface area contributed by atoms with Gasteiger partial charge in [-0.1, -0.05) is 12.1 Å².